The van der Waals surface area contributed by atoms with Crippen molar-refractivity contribution in [3.63, 3.8) is 0 Å². The molecule has 1 aromatic carbocycles. The van der Waals surface area contributed by atoms with Gasteiger partial charge in [-0.2, -0.15) is 0 Å². The fourth-order valence-electron chi connectivity index (χ4n) is 4.21. The van der Waals surface area contributed by atoms with Crippen LogP contribution in [0.2, 0.25) is 0 Å². The summed E-state index contributed by atoms with van der Waals surface area (Å²) in [7, 11) is 1.65. The fraction of sp³-hybridized carbons (Fsp3) is 0.600. The fourth-order valence-corrected chi connectivity index (χ4v) is 5.72. The highest BCUT2D eigenvalue weighted by Gasteiger charge is 2.50. The summed E-state index contributed by atoms with van der Waals surface area (Å²) in [4.78, 5) is 18.2. The average Bonchev–Trinajstić information content (AvgIpc) is 2.61. The molecule has 0 unspecified atom stereocenters. The number of fused-ring (bicyclic) bond motifs is 1. The highest BCUT2D eigenvalue weighted by Crippen LogP contribution is 2.51. The average molecular weight is 410 g/mol. The quantitative estimate of drug-likeness (QED) is 0.711. The van der Waals surface area contributed by atoms with E-state index in [-0.39, 0.29) is 17.8 Å². The first-order valence-corrected chi connectivity index (χ1v) is 10.4. The third-order valence-electron chi connectivity index (χ3n) is 5.60. The van der Waals surface area contributed by atoms with Crippen molar-refractivity contribution >= 4 is 28.7 Å². The molecule has 0 spiro atoms. The third kappa shape index (κ3) is 3.72. The highest BCUT2D eigenvalue weighted by molar-refractivity contribution is 8.13. The van der Waals surface area contributed by atoms with Gasteiger partial charge < -0.3 is 15.6 Å². The van der Waals surface area contributed by atoms with Crippen molar-refractivity contribution in [2.24, 2.45) is 10.9 Å². The number of hydrogen-bond donors (Lipinski definition) is 2. The van der Waals surface area contributed by atoms with Crippen LogP contribution in [0.3, 0.4) is 0 Å². The largest absolute Gasteiger partial charge is 0.465 e. The van der Waals surface area contributed by atoms with Crippen LogP contribution in [0, 0.1) is 11.7 Å². The predicted molar refractivity (Wildman–Crippen MR) is 110 cm³/mol. The summed E-state index contributed by atoms with van der Waals surface area (Å²) >= 11 is 1.42. The number of rotatable bonds is 2. The van der Waals surface area contributed by atoms with Gasteiger partial charge in [-0.25, -0.2) is 14.2 Å². The molecule has 3 atom stereocenters. The van der Waals surface area contributed by atoms with E-state index in [1.807, 2.05) is 20.8 Å². The van der Waals surface area contributed by atoms with Crippen LogP contribution in [-0.2, 0) is 10.3 Å². The molecular formula is C20H28FN3O3S. The Morgan fingerprint density at radius 3 is 2.75 bits per heavy atom. The number of thioether (sulfide) groups is 1. The number of nitrogen functional groups attached to an aromatic ring is 1. The van der Waals surface area contributed by atoms with E-state index in [9.17, 15) is 14.3 Å². The van der Waals surface area contributed by atoms with E-state index in [0.717, 1.165) is 12.8 Å². The normalized spacial score (nSPS) is 27.7. The number of amidine groups is 1. The van der Waals surface area contributed by atoms with Crippen molar-refractivity contribution in [2.75, 3.05) is 18.6 Å². The maximum atomic E-state index is 15.0. The minimum absolute atomic E-state index is 0.0712. The summed E-state index contributed by atoms with van der Waals surface area (Å²) in [6, 6.07) is 4.53. The first-order valence-electron chi connectivity index (χ1n) is 9.42. The van der Waals surface area contributed by atoms with Crippen LogP contribution >= 0.6 is 11.8 Å². The summed E-state index contributed by atoms with van der Waals surface area (Å²) in [6.07, 6.45) is 1.06. The van der Waals surface area contributed by atoms with Crippen LogP contribution in [0.4, 0.5) is 14.9 Å². The summed E-state index contributed by atoms with van der Waals surface area (Å²) in [5.41, 5.74) is 5.30. The first-order chi connectivity index (χ1) is 13.1. The molecule has 28 heavy (non-hydrogen) atoms. The molecule has 1 aliphatic heterocycles. The summed E-state index contributed by atoms with van der Waals surface area (Å²) < 4.78 is 20.6. The lowest BCUT2D eigenvalue weighted by Gasteiger charge is -2.48. The smallest absolute Gasteiger partial charge is 0.413 e. The number of carboxylic acid groups (broad SMARTS) is 1. The molecule has 1 fully saturated rings. The third-order valence-corrected chi connectivity index (χ3v) is 6.70. The lowest BCUT2D eigenvalue weighted by atomic mass is 9.68. The van der Waals surface area contributed by atoms with Crippen molar-refractivity contribution in [3.8, 4) is 0 Å². The second kappa shape index (κ2) is 7.55. The van der Waals surface area contributed by atoms with Crippen LogP contribution in [0.1, 0.15) is 45.6 Å². The van der Waals surface area contributed by atoms with E-state index >= 15 is 0 Å². The minimum Gasteiger partial charge on any atom is -0.465 e. The maximum absolute atomic E-state index is 15.0. The number of methoxy groups -OCH3 is 1. The molecule has 1 aliphatic carbocycles. The van der Waals surface area contributed by atoms with E-state index < -0.39 is 17.2 Å². The number of carbonyl (C=O) groups is 1. The number of halogens is 1. The molecule has 0 saturated heterocycles. The maximum Gasteiger partial charge on any atom is 0.413 e. The molecule has 6 nitrogen and oxygen atoms in total. The van der Waals surface area contributed by atoms with Crippen molar-refractivity contribution < 1.29 is 19.0 Å². The SMILES string of the molecule is CO[C@@H]1CC[C@H]2CSC(N(C(=O)O)C(C)(C)C)=N[C@@]2(c2cc(N)ccc2F)C1. The lowest BCUT2D eigenvalue weighted by Crippen LogP contribution is -2.53. The van der Waals surface area contributed by atoms with Gasteiger partial charge in [-0.1, -0.05) is 11.8 Å². The standard InChI is InChI=1S/C20H28FN3O3S/c1-19(2,3)24(18(25)26)17-23-20(15-9-13(22)6-8-16(15)21)10-14(27-4)7-5-12(20)11-28-17/h6,8-9,12,14H,5,7,10-11,22H2,1-4H3,(H,25,26)/t12-,14+,20-/m0/s1. The Balaban J connectivity index is 2.20. The van der Waals surface area contributed by atoms with Crippen LogP contribution in [-0.4, -0.2) is 45.8 Å². The van der Waals surface area contributed by atoms with Gasteiger partial charge in [-0.15, -0.1) is 0 Å². The van der Waals surface area contributed by atoms with E-state index in [4.69, 9.17) is 15.5 Å². The molecule has 1 aromatic rings. The Bertz CT molecular complexity index is 795. The number of amides is 1. The number of hydrogen-bond acceptors (Lipinski definition) is 5. The van der Waals surface area contributed by atoms with Crippen LogP contribution < -0.4 is 5.73 Å². The van der Waals surface area contributed by atoms with Gasteiger partial charge in [0, 0.05) is 36.1 Å². The van der Waals surface area contributed by atoms with Crippen LogP contribution in [0.15, 0.2) is 23.2 Å². The second-order valence-corrected chi connectivity index (χ2v) is 9.48. The van der Waals surface area contributed by atoms with Gasteiger partial charge in [0.1, 0.15) is 5.82 Å². The minimum atomic E-state index is -1.07. The Labute approximate surface area is 169 Å². The molecule has 8 heteroatoms. The molecule has 3 N–H and O–H groups in total. The van der Waals surface area contributed by atoms with Crippen LogP contribution in [0.25, 0.3) is 0 Å². The van der Waals surface area contributed by atoms with Crippen molar-refractivity contribution in [1.82, 2.24) is 4.90 Å². The molecule has 0 bridgehead atoms. The first kappa shape index (κ1) is 20.9. The summed E-state index contributed by atoms with van der Waals surface area (Å²) in [5, 5.41) is 10.2. The van der Waals surface area contributed by atoms with Gasteiger partial charge in [-0.3, -0.25) is 4.90 Å². The zero-order valence-corrected chi connectivity index (χ0v) is 17.6. The van der Waals surface area contributed by atoms with Crippen molar-refractivity contribution in [1.29, 1.82) is 0 Å². The van der Waals surface area contributed by atoms with Crippen molar-refractivity contribution in [3.05, 3.63) is 29.6 Å². The summed E-state index contributed by atoms with van der Waals surface area (Å²) in [5.74, 6) is 0.381. The molecule has 0 aromatic heterocycles. The second-order valence-electron chi connectivity index (χ2n) is 8.49. The summed E-state index contributed by atoms with van der Waals surface area (Å²) in [6.45, 7) is 5.47. The van der Waals surface area contributed by atoms with Gasteiger partial charge in [0.2, 0.25) is 0 Å². The zero-order valence-electron chi connectivity index (χ0n) is 16.7. The predicted octanol–water partition coefficient (Wildman–Crippen LogP) is 4.30. The molecular weight excluding hydrogens is 381 g/mol. The van der Waals surface area contributed by atoms with Crippen LogP contribution in [0.5, 0.6) is 0 Å². The number of aliphatic imine (C=N–C) groups is 1. The number of nitrogens with two attached hydrogens (primary N) is 1. The Morgan fingerprint density at radius 2 is 2.14 bits per heavy atom. The topological polar surface area (TPSA) is 88.1 Å². The monoisotopic (exact) mass is 409 g/mol. The zero-order chi connectivity index (χ0) is 20.7. The van der Waals surface area contributed by atoms with E-state index in [2.05, 4.69) is 0 Å². The Hall–Kier alpha value is -1.80. The lowest BCUT2D eigenvalue weighted by molar-refractivity contribution is 0.0187. The van der Waals surface area contributed by atoms with Gasteiger partial charge in [0.15, 0.2) is 5.17 Å². The molecule has 3 rings (SSSR count). The molecule has 1 heterocycles. The van der Waals surface area contributed by atoms with Gasteiger partial charge in [-0.05, 0) is 57.7 Å². The number of ether oxygens (including phenoxy) is 1. The Morgan fingerprint density at radius 1 is 1.43 bits per heavy atom. The molecule has 1 saturated carbocycles. The van der Waals surface area contributed by atoms with E-state index in [1.54, 1.807) is 13.2 Å². The van der Waals surface area contributed by atoms with E-state index in [1.165, 1.54) is 28.8 Å². The number of benzene rings is 1. The van der Waals surface area contributed by atoms with Gasteiger partial charge in [0.25, 0.3) is 0 Å². The van der Waals surface area contributed by atoms with Gasteiger partial charge in [0.05, 0.1) is 11.6 Å². The molecule has 0 radical (unpaired) electrons. The van der Waals surface area contributed by atoms with E-state index in [0.29, 0.717) is 28.6 Å². The molecule has 2 aliphatic rings. The Kier molecular flexibility index (Phi) is 5.64. The number of anilines is 1. The highest BCUT2D eigenvalue weighted by atomic mass is 32.2. The number of nitrogens with zero attached hydrogens (tertiary/aromatic N) is 2. The van der Waals surface area contributed by atoms with Gasteiger partial charge >= 0.3 is 6.09 Å². The van der Waals surface area contributed by atoms with Crippen molar-refractivity contribution in [2.45, 2.75) is 57.2 Å². The molecule has 1 amide bonds. The molecule has 154 valence electrons.